The van der Waals surface area contributed by atoms with Gasteiger partial charge in [-0.05, 0) is 31.9 Å². The average Bonchev–Trinajstić information content (AvgIpc) is 2.42. The molecule has 18 heavy (non-hydrogen) atoms. The van der Waals surface area contributed by atoms with Crippen molar-refractivity contribution in [2.75, 3.05) is 25.0 Å². The Hall–Kier alpha value is -1.16. The van der Waals surface area contributed by atoms with Crippen LogP contribution in [0.1, 0.15) is 31.7 Å². The largest absolute Gasteiger partial charge is 0.354 e. The molecule has 1 saturated heterocycles. The molecule has 2 rings (SSSR count). The van der Waals surface area contributed by atoms with E-state index in [0.717, 1.165) is 31.8 Å². The van der Waals surface area contributed by atoms with Crippen molar-refractivity contribution in [1.29, 1.82) is 0 Å². The second-order valence-corrected chi connectivity index (χ2v) is 4.98. The lowest BCUT2D eigenvalue weighted by Crippen LogP contribution is -2.35. The van der Waals surface area contributed by atoms with Crippen LogP contribution in [0, 0.1) is 11.7 Å². The highest BCUT2D eigenvalue weighted by Gasteiger charge is 2.22. The smallest absolute Gasteiger partial charge is 0.170 e. The monoisotopic (exact) mass is 251 g/mol. The lowest BCUT2D eigenvalue weighted by Gasteiger charge is -2.32. The van der Waals surface area contributed by atoms with E-state index in [9.17, 15) is 4.39 Å². The molecule has 0 amide bonds. The number of hydrogen-bond acceptors (Lipinski definition) is 3. The lowest BCUT2D eigenvalue weighted by atomic mass is 9.94. The highest BCUT2D eigenvalue weighted by molar-refractivity contribution is 5.43. The molecular weight excluding hydrogens is 229 g/mol. The Morgan fingerprint density at radius 1 is 1.44 bits per heavy atom. The molecule has 0 radical (unpaired) electrons. The van der Waals surface area contributed by atoms with Gasteiger partial charge in [0.25, 0.3) is 0 Å². The summed E-state index contributed by atoms with van der Waals surface area (Å²) in [6.45, 7) is 4.62. The molecule has 0 aliphatic carbocycles. The lowest BCUT2D eigenvalue weighted by molar-refractivity contribution is 0.390. The fraction of sp³-hybridized carbons (Fsp3) is 0.643. The third kappa shape index (κ3) is 2.80. The third-order valence-corrected chi connectivity index (χ3v) is 3.81. The van der Waals surface area contributed by atoms with Crippen LogP contribution in [0.25, 0.3) is 0 Å². The molecule has 4 heteroatoms. The topological polar surface area (TPSA) is 28.2 Å². The standard InChI is InChI=1S/C14H22FN3/c1-3-11-5-8-18(9-6-11)14-13(15)12(10-16-2)4-7-17-14/h4,7,11,16H,3,5-6,8-10H2,1-2H3. The minimum atomic E-state index is -0.165. The molecule has 0 bridgehead atoms. The quantitative estimate of drug-likeness (QED) is 0.891. The zero-order valence-corrected chi connectivity index (χ0v) is 11.2. The van der Waals surface area contributed by atoms with E-state index in [-0.39, 0.29) is 5.82 Å². The van der Waals surface area contributed by atoms with E-state index in [1.54, 1.807) is 12.3 Å². The van der Waals surface area contributed by atoms with Crippen molar-refractivity contribution in [3.05, 3.63) is 23.6 Å². The summed E-state index contributed by atoms with van der Waals surface area (Å²) in [5.74, 6) is 1.16. The summed E-state index contributed by atoms with van der Waals surface area (Å²) in [5.41, 5.74) is 0.695. The number of anilines is 1. The molecule has 2 heterocycles. The Kier molecular flexibility index (Phi) is 4.53. The number of nitrogens with one attached hydrogen (secondary N) is 1. The van der Waals surface area contributed by atoms with Crippen LogP contribution >= 0.6 is 0 Å². The summed E-state index contributed by atoms with van der Waals surface area (Å²) >= 11 is 0. The SMILES string of the molecule is CCC1CCN(c2nccc(CNC)c2F)CC1. The highest BCUT2D eigenvalue weighted by Crippen LogP contribution is 2.26. The van der Waals surface area contributed by atoms with Crippen LogP contribution < -0.4 is 10.2 Å². The molecule has 0 aromatic carbocycles. The summed E-state index contributed by atoms with van der Waals surface area (Å²) in [5, 5.41) is 2.98. The number of halogens is 1. The van der Waals surface area contributed by atoms with Crippen LogP contribution in [0.4, 0.5) is 10.2 Å². The molecule has 0 unspecified atom stereocenters. The van der Waals surface area contributed by atoms with Crippen LogP contribution in [0.15, 0.2) is 12.3 Å². The van der Waals surface area contributed by atoms with Gasteiger partial charge in [0.15, 0.2) is 11.6 Å². The van der Waals surface area contributed by atoms with Gasteiger partial charge in [0, 0.05) is 31.4 Å². The van der Waals surface area contributed by atoms with E-state index in [1.165, 1.54) is 6.42 Å². The van der Waals surface area contributed by atoms with Crippen LogP contribution in [0.5, 0.6) is 0 Å². The first-order chi connectivity index (χ1) is 8.76. The summed E-state index contributed by atoms with van der Waals surface area (Å²) in [6, 6.07) is 1.74. The first-order valence-electron chi connectivity index (χ1n) is 6.79. The van der Waals surface area contributed by atoms with E-state index < -0.39 is 0 Å². The number of pyridine rings is 1. The zero-order valence-electron chi connectivity index (χ0n) is 11.2. The Labute approximate surface area is 108 Å². The van der Waals surface area contributed by atoms with Crippen LogP contribution in [-0.4, -0.2) is 25.1 Å². The Morgan fingerprint density at radius 2 is 2.17 bits per heavy atom. The maximum Gasteiger partial charge on any atom is 0.170 e. The van der Waals surface area contributed by atoms with Gasteiger partial charge < -0.3 is 10.2 Å². The molecule has 0 spiro atoms. The maximum atomic E-state index is 14.3. The fourth-order valence-corrected chi connectivity index (χ4v) is 2.57. The highest BCUT2D eigenvalue weighted by atomic mass is 19.1. The van der Waals surface area contributed by atoms with Gasteiger partial charge in [-0.1, -0.05) is 13.3 Å². The summed E-state index contributed by atoms with van der Waals surface area (Å²) in [7, 11) is 1.83. The summed E-state index contributed by atoms with van der Waals surface area (Å²) in [6.07, 6.45) is 5.22. The van der Waals surface area contributed by atoms with Crippen molar-refractivity contribution in [3.8, 4) is 0 Å². The molecule has 1 aliphatic rings. The van der Waals surface area contributed by atoms with Crippen molar-refractivity contribution in [1.82, 2.24) is 10.3 Å². The average molecular weight is 251 g/mol. The van der Waals surface area contributed by atoms with E-state index >= 15 is 0 Å². The van der Waals surface area contributed by atoms with E-state index in [4.69, 9.17) is 0 Å². The van der Waals surface area contributed by atoms with E-state index in [0.29, 0.717) is 17.9 Å². The predicted octanol–water partition coefficient (Wildman–Crippen LogP) is 2.57. The molecule has 1 N–H and O–H groups in total. The number of aromatic nitrogens is 1. The van der Waals surface area contributed by atoms with Gasteiger partial charge in [0.1, 0.15) is 0 Å². The summed E-state index contributed by atoms with van der Waals surface area (Å²) < 4.78 is 14.3. The van der Waals surface area contributed by atoms with Gasteiger partial charge in [0.05, 0.1) is 0 Å². The van der Waals surface area contributed by atoms with Crippen molar-refractivity contribution < 1.29 is 4.39 Å². The van der Waals surface area contributed by atoms with Gasteiger partial charge in [-0.25, -0.2) is 9.37 Å². The second-order valence-electron chi connectivity index (χ2n) is 4.98. The van der Waals surface area contributed by atoms with E-state index in [2.05, 4.69) is 22.1 Å². The molecule has 1 aromatic rings. The molecule has 100 valence electrons. The van der Waals surface area contributed by atoms with Crippen molar-refractivity contribution in [2.45, 2.75) is 32.7 Å². The number of rotatable bonds is 4. The van der Waals surface area contributed by atoms with Crippen molar-refractivity contribution >= 4 is 5.82 Å². The number of hydrogen-bond donors (Lipinski definition) is 1. The third-order valence-electron chi connectivity index (χ3n) is 3.81. The van der Waals surface area contributed by atoms with Gasteiger partial charge in [0.2, 0.25) is 0 Å². The molecule has 1 aromatic heterocycles. The first-order valence-corrected chi connectivity index (χ1v) is 6.79. The molecular formula is C14H22FN3. The Bertz CT molecular complexity index is 387. The number of nitrogens with zero attached hydrogens (tertiary/aromatic N) is 2. The Morgan fingerprint density at radius 3 is 2.78 bits per heavy atom. The minimum Gasteiger partial charge on any atom is -0.354 e. The van der Waals surface area contributed by atoms with Crippen LogP contribution in [-0.2, 0) is 6.54 Å². The van der Waals surface area contributed by atoms with Crippen LogP contribution in [0.2, 0.25) is 0 Å². The number of piperidine rings is 1. The van der Waals surface area contributed by atoms with Gasteiger partial charge in [-0.15, -0.1) is 0 Å². The molecule has 0 atom stereocenters. The van der Waals surface area contributed by atoms with E-state index in [1.807, 2.05) is 7.05 Å². The van der Waals surface area contributed by atoms with Gasteiger partial charge in [-0.2, -0.15) is 0 Å². The zero-order chi connectivity index (χ0) is 13.0. The predicted molar refractivity (Wildman–Crippen MR) is 72.2 cm³/mol. The maximum absolute atomic E-state index is 14.3. The molecule has 3 nitrogen and oxygen atoms in total. The second kappa shape index (κ2) is 6.14. The summed E-state index contributed by atoms with van der Waals surface area (Å²) in [4.78, 5) is 6.30. The Balaban J connectivity index is 2.11. The van der Waals surface area contributed by atoms with Crippen molar-refractivity contribution in [2.24, 2.45) is 5.92 Å². The van der Waals surface area contributed by atoms with Crippen molar-refractivity contribution in [3.63, 3.8) is 0 Å². The normalized spacial score (nSPS) is 17.2. The van der Waals surface area contributed by atoms with Crippen LogP contribution in [0.3, 0.4) is 0 Å². The first kappa shape index (κ1) is 13.3. The fourth-order valence-electron chi connectivity index (χ4n) is 2.57. The molecule has 0 saturated carbocycles. The molecule has 1 aliphatic heterocycles. The van der Waals surface area contributed by atoms with Gasteiger partial charge in [-0.3, -0.25) is 0 Å². The van der Waals surface area contributed by atoms with Gasteiger partial charge >= 0.3 is 0 Å². The minimum absolute atomic E-state index is 0.165. The molecule has 1 fully saturated rings.